The van der Waals surface area contributed by atoms with E-state index in [1.165, 1.54) is 41.9 Å². The first-order valence-corrected chi connectivity index (χ1v) is 22.4. The molecule has 12 heteroatoms. The van der Waals surface area contributed by atoms with E-state index in [4.69, 9.17) is 14.2 Å². The zero-order valence-corrected chi connectivity index (χ0v) is 38.2. The number of ketones is 1. The van der Waals surface area contributed by atoms with Gasteiger partial charge in [-0.2, -0.15) is 0 Å². The number of Topliss-reactive ketones (excluding diaryl/α,β-unsaturated/α-hetero) is 1. The van der Waals surface area contributed by atoms with E-state index >= 15 is 0 Å². The average molecular weight is 844 g/mol. The fraction of sp³-hybridized carbons (Fsp3) is 0.612. The summed E-state index contributed by atoms with van der Waals surface area (Å²) in [4.78, 5) is 62.2. The summed E-state index contributed by atoms with van der Waals surface area (Å²) in [5, 5.41) is 6.42. The summed E-state index contributed by atoms with van der Waals surface area (Å²) in [6.45, 7) is 16.2. The highest BCUT2D eigenvalue weighted by molar-refractivity contribution is 5.92. The third kappa shape index (κ3) is 17.8. The van der Waals surface area contributed by atoms with E-state index in [1.807, 2.05) is 70.2 Å². The van der Waals surface area contributed by atoms with Crippen LogP contribution >= 0.6 is 0 Å². The lowest BCUT2D eigenvalue weighted by Crippen LogP contribution is -2.53. The Morgan fingerprint density at radius 1 is 0.852 bits per heavy atom. The minimum absolute atomic E-state index is 0.00547. The second-order valence-electron chi connectivity index (χ2n) is 18.7. The van der Waals surface area contributed by atoms with Crippen molar-refractivity contribution < 1.29 is 33.4 Å². The number of hydrogen-bond donors (Lipinski definition) is 2. The summed E-state index contributed by atoms with van der Waals surface area (Å²) in [7, 11) is 2.11. The predicted octanol–water partition coefficient (Wildman–Crippen LogP) is 7.99. The lowest BCUT2D eigenvalue weighted by atomic mass is 9.83. The van der Waals surface area contributed by atoms with Gasteiger partial charge in [0.1, 0.15) is 36.1 Å². The van der Waals surface area contributed by atoms with Gasteiger partial charge in [-0.15, -0.1) is 0 Å². The van der Waals surface area contributed by atoms with E-state index in [2.05, 4.69) is 39.7 Å². The third-order valence-corrected chi connectivity index (χ3v) is 11.3. The molecular weight excluding hydrogens is 771 g/mol. The molecule has 1 fully saturated rings. The summed E-state index contributed by atoms with van der Waals surface area (Å²) in [6, 6.07) is 16.6. The highest BCUT2D eigenvalue weighted by Gasteiger charge is 2.33. The molecule has 2 amide bonds. The molecule has 1 aromatic heterocycles. The molecule has 0 spiro atoms. The number of imidazole rings is 1. The topological polar surface area (TPSA) is 141 Å². The maximum atomic E-state index is 14.6. The van der Waals surface area contributed by atoms with Crippen LogP contribution in [0.25, 0.3) is 0 Å². The number of rotatable bonds is 23. The largest absolute Gasteiger partial charge is 0.491 e. The summed E-state index contributed by atoms with van der Waals surface area (Å²) < 4.78 is 18.1. The van der Waals surface area contributed by atoms with E-state index in [1.54, 1.807) is 20.8 Å². The highest BCUT2D eigenvalue weighted by Crippen LogP contribution is 2.28. The highest BCUT2D eigenvalue weighted by atomic mass is 16.6. The number of nitrogens with one attached hydrogen (secondary N) is 2. The standard InChI is InChI=1S/C49H73N5O7/c1-9-59-28-29-60-42-22-20-36(21-23-42)24-26-53(8)27-25-40(31-38-18-14-11-15-19-38)51-46(57)43(33-41-34-50-35-54(41)47(58)61-49(5,6)7)52-45(56)39(32-44(55)48(2,3)4)30-37-16-12-10-13-17-37/h10,12-13,16-17,20-23,34-35,38-40,43H,9,11,14-15,18-19,24-33H2,1-8H3,(H,51,57)(H,52,56)/t39-,40-,43+/m1/s1. The number of benzene rings is 2. The van der Waals surface area contributed by atoms with Crippen LogP contribution in [0.3, 0.4) is 0 Å². The quantitative estimate of drug-likeness (QED) is 0.0910. The number of likely N-dealkylation sites (N-methyl/N-ethyl adjacent to an activating group) is 1. The molecule has 1 saturated carbocycles. The fourth-order valence-electron chi connectivity index (χ4n) is 7.64. The fourth-order valence-corrected chi connectivity index (χ4v) is 7.64. The summed E-state index contributed by atoms with van der Waals surface area (Å²) >= 11 is 0. The Morgan fingerprint density at radius 3 is 2.21 bits per heavy atom. The number of hydrogen-bond acceptors (Lipinski definition) is 9. The first-order valence-electron chi connectivity index (χ1n) is 22.4. The average Bonchev–Trinajstić information content (AvgIpc) is 3.69. The van der Waals surface area contributed by atoms with Crippen molar-refractivity contribution in [1.29, 1.82) is 0 Å². The van der Waals surface area contributed by atoms with Crippen LogP contribution in [-0.2, 0) is 43.1 Å². The Balaban J connectivity index is 1.53. The molecule has 0 saturated heterocycles. The molecule has 336 valence electrons. The van der Waals surface area contributed by atoms with Crippen LogP contribution in [0.15, 0.2) is 67.1 Å². The van der Waals surface area contributed by atoms with Gasteiger partial charge in [0.25, 0.3) is 0 Å². The Hall–Kier alpha value is -4.55. The van der Waals surface area contributed by atoms with Crippen LogP contribution in [0.1, 0.15) is 117 Å². The van der Waals surface area contributed by atoms with Gasteiger partial charge in [0, 0.05) is 49.6 Å². The maximum Gasteiger partial charge on any atom is 0.420 e. The molecule has 1 aliphatic carbocycles. The van der Waals surface area contributed by atoms with E-state index in [-0.39, 0.29) is 30.6 Å². The Kier molecular flexibility index (Phi) is 19.5. The first kappa shape index (κ1) is 49.1. The third-order valence-electron chi connectivity index (χ3n) is 11.3. The molecule has 3 atom stereocenters. The van der Waals surface area contributed by atoms with Gasteiger partial charge in [0.15, 0.2) is 0 Å². The SMILES string of the molecule is CCOCCOc1ccc(CCN(C)CC[C@H](CC2CCCCC2)NC(=O)[C@H](Cc2cncn2C(=O)OC(C)(C)C)NC(=O)[C@@H](CC(=O)C(C)(C)C)Cc2ccccc2)cc1. The smallest absolute Gasteiger partial charge is 0.420 e. The number of nitrogens with zero attached hydrogens (tertiary/aromatic N) is 3. The van der Waals surface area contributed by atoms with Crippen LogP contribution in [0.4, 0.5) is 4.79 Å². The molecule has 1 aliphatic rings. The Morgan fingerprint density at radius 2 is 1.56 bits per heavy atom. The molecule has 12 nitrogen and oxygen atoms in total. The van der Waals surface area contributed by atoms with E-state index in [9.17, 15) is 19.2 Å². The molecule has 0 aliphatic heterocycles. The van der Waals surface area contributed by atoms with Crippen LogP contribution in [0, 0.1) is 17.3 Å². The molecule has 0 unspecified atom stereocenters. The maximum absolute atomic E-state index is 14.6. The second-order valence-corrected chi connectivity index (χ2v) is 18.7. The lowest BCUT2D eigenvalue weighted by Gasteiger charge is -2.30. The van der Waals surface area contributed by atoms with Crippen LogP contribution in [0.5, 0.6) is 5.75 Å². The predicted molar refractivity (Wildman–Crippen MR) is 240 cm³/mol. The molecular formula is C49H73N5O7. The molecule has 3 aromatic rings. The minimum Gasteiger partial charge on any atom is -0.491 e. The zero-order valence-electron chi connectivity index (χ0n) is 38.2. The molecule has 0 bridgehead atoms. The van der Waals surface area contributed by atoms with E-state index in [0.717, 1.165) is 56.5 Å². The van der Waals surface area contributed by atoms with Crippen molar-refractivity contribution in [2.45, 2.75) is 137 Å². The van der Waals surface area contributed by atoms with Crippen molar-refractivity contribution in [3.63, 3.8) is 0 Å². The number of ether oxygens (including phenoxy) is 3. The van der Waals surface area contributed by atoms with Crippen molar-refractivity contribution in [2.24, 2.45) is 17.3 Å². The van der Waals surface area contributed by atoms with Crippen LogP contribution in [-0.4, -0.2) is 95.8 Å². The molecule has 1 heterocycles. The van der Waals surface area contributed by atoms with Crippen LogP contribution in [0.2, 0.25) is 0 Å². The van der Waals surface area contributed by atoms with Gasteiger partial charge in [-0.3, -0.25) is 14.4 Å². The summed E-state index contributed by atoms with van der Waals surface area (Å²) in [5.74, 6) is -0.151. The van der Waals surface area contributed by atoms with E-state index < -0.39 is 35.0 Å². The van der Waals surface area contributed by atoms with Crippen molar-refractivity contribution in [1.82, 2.24) is 25.1 Å². The summed E-state index contributed by atoms with van der Waals surface area (Å²) in [6.07, 6.45) is 10.9. The van der Waals surface area contributed by atoms with Gasteiger partial charge in [-0.05, 0) is 96.1 Å². The summed E-state index contributed by atoms with van der Waals surface area (Å²) in [5.41, 5.74) is 1.17. The van der Waals surface area contributed by atoms with Gasteiger partial charge >= 0.3 is 6.09 Å². The monoisotopic (exact) mass is 844 g/mol. The van der Waals surface area contributed by atoms with Crippen molar-refractivity contribution in [2.75, 3.05) is 40.0 Å². The zero-order chi connectivity index (χ0) is 44.4. The Bertz CT molecular complexity index is 1790. The molecule has 2 N–H and O–H groups in total. The van der Waals surface area contributed by atoms with E-state index in [0.29, 0.717) is 37.9 Å². The molecule has 0 radical (unpaired) electrons. The molecule has 2 aromatic carbocycles. The van der Waals surface area contributed by atoms with Crippen molar-refractivity contribution in [3.05, 3.63) is 83.9 Å². The minimum atomic E-state index is -1.05. The van der Waals surface area contributed by atoms with Gasteiger partial charge in [-0.25, -0.2) is 14.3 Å². The van der Waals surface area contributed by atoms with Gasteiger partial charge < -0.3 is 29.7 Å². The molecule has 61 heavy (non-hydrogen) atoms. The Labute approximate surface area is 364 Å². The number of carbonyl (C=O) groups is 4. The number of aromatic nitrogens is 2. The first-order chi connectivity index (χ1) is 29.0. The second kappa shape index (κ2) is 24.2. The van der Waals surface area contributed by atoms with Gasteiger partial charge in [0.2, 0.25) is 11.8 Å². The number of carbonyl (C=O) groups excluding carboxylic acids is 4. The van der Waals surface area contributed by atoms with Crippen LogP contribution < -0.4 is 15.4 Å². The van der Waals surface area contributed by atoms with Crippen molar-refractivity contribution in [3.8, 4) is 5.75 Å². The lowest BCUT2D eigenvalue weighted by molar-refractivity contribution is -0.135. The van der Waals surface area contributed by atoms with Gasteiger partial charge in [-0.1, -0.05) is 95.3 Å². The van der Waals surface area contributed by atoms with Gasteiger partial charge in [0.05, 0.1) is 12.3 Å². The number of amides is 2. The molecule has 4 rings (SSSR count). The van der Waals surface area contributed by atoms with Crippen molar-refractivity contribution >= 4 is 23.7 Å². The normalized spacial score (nSPS) is 15.2.